The van der Waals surface area contributed by atoms with Gasteiger partial charge in [0.15, 0.2) is 12.1 Å². The molecule has 4 aliphatic rings. The highest BCUT2D eigenvalue weighted by molar-refractivity contribution is 5.92. The van der Waals surface area contributed by atoms with Crippen LogP contribution < -0.4 is 0 Å². The molecule has 4 aliphatic carbocycles. The van der Waals surface area contributed by atoms with Crippen LogP contribution >= 0.6 is 0 Å². The maximum atomic E-state index is 13.4. The number of hydrogen-bond donors (Lipinski definition) is 2. The van der Waals surface area contributed by atoms with Crippen molar-refractivity contribution in [1.29, 1.82) is 0 Å². The SMILES string of the molecule is CC(C)COC(C)O[C@]1(C(=O)C(O)O)CC[C@H]2[C@@H]3CCC4=CC(=O)CC[C@]4(C)[C@H]3CC[C@@]21C. The highest BCUT2D eigenvalue weighted by Crippen LogP contribution is 2.68. The largest absolute Gasteiger partial charge is 0.362 e. The van der Waals surface area contributed by atoms with Crippen molar-refractivity contribution < 1.29 is 29.3 Å². The van der Waals surface area contributed by atoms with Crippen molar-refractivity contribution in [2.45, 2.75) is 104 Å². The number of carbonyl (C=O) groups excluding carboxylic acids is 2. The van der Waals surface area contributed by atoms with E-state index in [0.29, 0.717) is 37.2 Å². The molecule has 6 heteroatoms. The van der Waals surface area contributed by atoms with E-state index in [4.69, 9.17) is 9.47 Å². The third kappa shape index (κ3) is 3.95. The Hall–Kier alpha value is -1.08. The molecule has 0 spiro atoms. The Morgan fingerprint density at radius 3 is 2.42 bits per heavy atom. The number of Topliss-reactive ketones (excluding diaryl/α,β-unsaturated/α-hetero) is 1. The molecule has 0 bridgehead atoms. The average molecular weight is 463 g/mol. The molecular weight excluding hydrogens is 420 g/mol. The Labute approximate surface area is 198 Å². The van der Waals surface area contributed by atoms with Crippen LogP contribution in [0.1, 0.15) is 86.0 Å². The first-order chi connectivity index (χ1) is 15.4. The summed E-state index contributed by atoms with van der Waals surface area (Å²) in [5, 5.41) is 20.0. The summed E-state index contributed by atoms with van der Waals surface area (Å²) in [4.78, 5) is 25.4. The molecule has 0 aliphatic heterocycles. The van der Waals surface area contributed by atoms with Gasteiger partial charge in [-0.25, -0.2) is 0 Å². The summed E-state index contributed by atoms with van der Waals surface area (Å²) in [5.41, 5.74) is -0.362. The first-order valence-electron chi connectivity index (χ1n) is 12.9. The number of fused-ring (bicyclic) bond motifs is 5. The van der Waals surface area contributed by atoms with Gasteiger partial charge < -0.3 is 19.7 Å². The number of ether oxygens (including phenoxy) is 2. The number of rotatable bonds is 7. The van der Waals surface area contributed by atoms with E-state index in [-0.39, 0.29) is 17.1 Å². The Morgan fingerprint density at radius 2 is 1.76 bits per heavy atom. The van der Waals surface area contributed by atoms with Crippen LogP contribution in [0.4, 0.5) is 0 Å². The predicted molar refractivity (Wildman–Crippen MR) is 124 cm³/mol. The molecule has 0 heterocycles. The molecule has 2 N–H and O–H groups in total. The van der Waals surface area contributed by atoms with Crippen LogP contribution in [0.5, 0.6) is 0 Å². The van der Waals surface area contributed by atoms with Gasteiger partial charge in [0.1, 0.15) is 5.60 Å². The Kier molecular flexibility index (Phi) is 6.71. The minimum absolute atomic E-state index is 0.0540. The van der Waals surface area contributed by atoms with Crippen molar-refractivity contribution in [1.82, 2.24) is 0 Å². The number of hydrogen-bond acceptors (Lipinski definition) is 6. The van der Waals surface area contributed by atoms with Crippen LogP contribution in [-0.2, 0) is 19.1 Å². The molecule has 0 amide bonds. The Morgan fingerprint density at radius 1 is 1.06 bits per heavy atom. The topological polar surface area (TPSA) is 93.1 Å². The standard InChI is InChI=1S/C27H42O6/c1-16(2)15-32-17(3)33-27(23(29)24(30)31)13-10-22-20-7-6-18-14-19(28)8-11-25(18,4)21(20)9-12-26(22,27)5/h14,16-17,20-22,24,30-31H,6-13,15H2,1-5H3/t17?,20-,21+,22+,25+,26+,27+/m1/s1. The normalized spacial score (nSPS) is 41.4. The Bertz CT molecular complexity index is 817. The first kappa shape index (κ1) is 25.0. The zero-order valence-electron chi connectivity index (χ0n) is 20.9. The van der Waals surface area contributed by atoms with E-state index in [0.717, 1.165) is 38.5 Å². The van der Waals surface area contributed by atoms with Crippen molar-refractivity contribution in [3.63, 3.8) is 0 Å². The highest BCUT2D eigenvalue weighted by atomic mass is 16.7. The molecule has 0 aromatic carbocycles. The van der Waals surface area contributed by atoms with E-state index >= 15 is 0 Å². The molecule has 7 atom stereocenters. The maximum Gasteiger partial charge on any atom is 0.220 e. The summed E-state index contributed by atoms with van der Waals surface area (Å²) in [7, 11) is 0. The quantitative estimate of drug-likeness (QED) is 0.552. The van der Waals surface area contributed by atoms with Crippen LogP contribution in [0.15, 0.2) is 11.6 Å². The molecule has 33 heavy (non-hydrogen) atoms. The van der Waals surface area contributed by atoms with Gasteiger partial charge in [-0.15, -0.1) is 0 Å². The zero-order chi connectivity index (χ0) is 24.2. The molecule has 3 saturated carbocycles. The van der Waals surface area contributed by atoms with Crippen LogP contribution in [0.25, 0.3) is 0 Å². The summed E-state index contributed by atoms with van der Waals surface area (Å²) >= 11 is 0. The average Bonchev–Trinajstić information content (AvgIpc) is 3.05. The van der Waals surface area contributed by atoms with Gasteiger partial charge in [0.25, 0.3) is 0 Å². The second-order valence-corrected chi connectivity index (χ2v) is 11.9. The van der Waals surface area contributed by atoms with Crippen LogP contribution in [0.3, 0.4) is 0 Å². The minimum atomic E-state index is -2.06. The fourth-order valence-corrected chi connectivity index (χ4v) is 8.07. The van der Waals surface area contributed by atoms with Crippen molar-refractivity contribution in [2.75, 3.05) is 6.61 Å². The number of aliphatic hydroxyl groups is 2. The Balaban J connectivity index is 1.64. The molecule has 6 nitrogen and oxygen atoms in total. The van der Waals surface area contributed by atoms with Gasteiger partial charge >= 0.3 is 0 Å². The molecule has 186 valence electrons. The summed E-state index contributed by atoms with van der Waals surface area (Å²) < 4.78 is 12.3. The summed E-state index contributed by atoms with van der Waals surface area (Å²) in [5.74, 6) is 1.17. The van der Waals surface area contributed by atoms with E-state index in [1.165, 1.54) is 5.57 Å². The lowest BCUT2D eigenvalue weighted by Gasteiger charge is -2.59. The highest BCUT2D eigenvalue weighted by Gasteiger charge is 2.68. The fraction of sp³-hybridized carbons (Fsp3) is 0.852. The first-order valence-corrected chi connectivity index (χ1v) is 12.9. The lowest BCUT2D eigenvalue weighted by atomic mass is 9.46. The van der Waals surface area contributed by atoms with Gasteiger partial charge in [-0.1, -0.05) is 33.3 Å². The van der Waals surface area contributed by atoms with Crippen LogP contribution in [0, 0.1) is 34.5 Å². The number of aliphatic hydroxyl groups excluding tert-OH is 1. The number of ketones is 2. The zero-order valence-corrected chi connectivity index (χ0v) is 20.9. The van der Waals surface area contributed by atoms with E-state index in [1.54, 1.807) is 6.92 Å². The molecule has 0 aromatic rings. The predicted octanol–water partition coefficient (Wildman–Crippen LogP) is 4.17. The van der Waals surface area contributed by atoms with Gasteiger partial charge in [-0.2, -0.15) is 0 Å². The van der Waals surface area contributed by atoms with E-state index < -0.39 is 29.4 Å². The monoisotopic (exact) mass is 462 g/mol. The molecule has 0 saturated heterocycles. The molecule has 1 unspecified atom stereocenters. The molecule has 3 fully saturated rings. The second-order valence-electron chi connectivity index (χ2n) is 11.9. The fourth-order valence-electron chi connectivity index (χ4n) is 8.07. The van der Waals surface area contributed by atoms with E-state index in [2.05, 4.69) is 27.7 Å². The maximum absolute atomic E-state index is 13.4. The van der Waals surface area contributed by atoms with Crippen molar-refractivity contribution in [2.24, 2.45) is 34.5 Å². The molecule has 0 radical (unpaired) electrons. The van der Waals surface area contributed by atoms with Gasteiger partial charge in [0.05, 0.1) is 6.61 Å². The third-order valence-electron chi connectivity index (χ3n) is 9.75. The van der Waals surface area contributed by atoms with Crippen molar-refractivity contribution in [3.05, 3.63) is 11.6 Å². The molecule has 4 rings (SSSR count). The molecule has 0 aromatic heterocycles. The lowest BCUT2D eigenvalue weighted by molar-refractivity contribution is -0.250. The van der Waals surface area contributed by atoms with Gasteiger partial charge in [-0.3, -0.25) is 9.59 Å². The summed E-state index contributed by atoms with van der Waals surface area (Å²) in [6, 6.07) is 0. The van der Waals surface area contributed by atoms with Gasteiger partial charge in [0, 0.05) is 11.8 Å². The third-order valence-corrected chi connectivity index (χ3v) is 9.75. The molecular formula is C27H42O6. The summed E-state index contributed by atoms with van der Waals surface area (Å²) in [6.07, 6.45) is 5.82. The van der Waals surface area contributed by atoms with Crippen molar-refractivity contribution >= 4 is 11.6 Å². The second kappa shape index (κ2) is 8.85. The van der Waals surface area contributed by atoms with Crippen LogP contribution in [0.2, 0.25) is 0 Å². The number of carbonyl (C=O) groups is 2. The van der Waals surface area contributed by atoms with Gasteiger partial charge in [0.2, 0.25) is 12.1 Å². The minimum Gasteiger partial charge on any atom is -0.362 e. The van der Waals surface area contributed by atoms with E-state index in [1.807, 2.05) is 6.08 Å². The number of allylic oxidation sites excluding steroid dienone is 1. The van der Waals surface area contributed by atoms with Crippen LogP contribution in [-0.4, -0.2) is 46.6 Å². The lowest BCUT2D eigenvalue weighted by Crippen LogP contribution is -2.61. The van der Waals surface area contributed by atoms with E-state index in [9.17, 15) is 19.8 Å². The van der Waals surface area contributed by atoms with Crippen molar-refractivity contribution in [3.8, 4) is 0 Å². The smallest absolute Gasteiger partial charge is 0.220 e. The summed E-state index contributed by atoms with van der Waals surface area (Å²) in [6.45, 7) is 10.9. The van der Waals surface area contributed by atoms with Gasteiger partial charge in [-0.05, 0) is 87.0 Å².